The van der Waals surface area contributed by atoms with Crippen LogP contribution in [0.25, 0.3) is 0 Å². The van der Waals surface area contributed by atoms with Crippen molar-refractivity contribution in [1.29, 1.82) is 0 Å². The number of anilines is 1. The summed E-state index contributed by atoms with van der Waals surface area (Å²) >= 11 is 6.31. The molecule has 172 valence electrons. The van der Waals surface area contributed by atoms with E-state index in [4.69, 9.17) is 11.6 Å². The van der Waals surface area contributed by atoms with Gasteiger partial charge in [-0.3, -0.25) is 9.59 Å². The van der Waals surface area contributed by atoms with Gasteiger partial charge in [-0.2, -0.15) is 9.78 Å². The molecule has 1 aliphatic rings. The maximum atomic E-state index is 12.9. The molecule has 1 fully saturated rings. The lowest BCUT2D eigenvalue weighted by molar-refractivity contribution is -0.131. The van der Waals surface area contributed by atoms with Crippen molar-refractivity contribution in [2.45, 2.75) is 52.6 Å². The highest BCUT2D eigenvalue weighted by molar-refractivity contribution is 6.31. The molecule has 0 unspecified atom stereocenters. The van der Waals surface area contributed by atoms with Crippen LogP contribution in [0.5, 0.6) is 0 Å². The van der Waals surface area contributed by atoms with Crippen LogP contribution in [-0.2, 0) is 16.1 Å². The number of carbonyl (C=O) groups is 3. The van der Waals surface area contributed by atoms with Crippen molar-refractivity contribution in [3.05, 3.63) is 47.2 Å². The molecule has 2 aromatic rings. The minimum absolute atomic E-state index is 0.0287. The second-order valence-electron chi connectivity index (χ2n) is 8.25. The van der Waals surface area contributed by atoms with Gasteiger partial charge in [0.25, 0.3) is 0 Å². The lowest BCUT2D eigenvalue weighted by atomic mass is 10.1. The summed E-state index contributed by atoms with van der Waals surface area (Å²) in [6, 6.07) is 7.48. The minimum Gasteiger partial charge on any atom is -0.336 e. The van der Waals surface area contributed by atoms with Gasteiger partial charge in [0, 0.05) is 44.5 Å². The normalized spacial score (nSPS) is 17.8. The third-order valence-corrected chi connectivity index (χ3v) is 6.26. The number of nitrogens with zero attached hydrogens (tertiary/aromatic N) is 4. The second-order valence-corrected chi connectivity index (χ2v) is 8.65. The zero-order valence-electron chi connectivity index (χ0n) is 18.8. The number of hydrogen-bond acceptors (Lipinski definition) is 4. The smallest absolute Gasteiger partial charge is 0.336 e. The molecule has 3 amide bonds. The van der Waals surface area contributed by atoms with Crippen LogP contribution >= 0.6 is 11.6 Å². The van der Waals surface area contributed by atoms with Crippen LogP contribution in [0.2, 0.25) is 5.02 Å². The highest BCUT2D eigenvalue weighted by atomic mass is 35.5. The van der Waals surface area contributed by atoms with Crippen LogP contribution in [0.1, 0.15) is 45.6 Å². The topological polar surface area (TPSA) is 87.5 Å². The van der Waals surface area contributed by atoms with Crippen LogP contribution < -0.4 is 5.32 Å². The maximum Gasteiger partial charge on any atom is 0.344 e. The summed E-state index contributed by atoms with van der Waals surface area (Å²) in [5.74, 6) is 0.108. The predicted octanol–water partition coefficient (Wildman–Crippen LogP) is 4.00. The second kappa shape index (κ2) is 10.6. The number of benzene rings is 1. The van der Waals surface area contributed by atoms with Crippen molar-refractivity contribution in [3.63, 3.8) is 0 Å². The van der Waals surface area contributed by atoms with E-state index in [0.717, 1.165) is 24.8 Å². The third kappa shape index (κ3) is 5.88. The Balaban J connectivity index is 1.62. The molecule has 0 aliphatic heterocycles. The van der Waals surface area contributed by atoms with Gasteiger partial charge in [0.1, 0.15) is 0 Å². The predicted molar refractivity (Wildman–Crippen MR) is 123 cm³/mol. The average molecular weight is 460 g/mol. The zero-order chi connectivity index (χ0) is 23.3. The zero-order valence-corrected chi connectivity index (χ0v) is 19.5. The number of hydrogen-bond donors (Lipinski definition) is 1. The number of carbonyl (C=O) groups excluding carboxylic acids is 3. The summed E-state index contributed by atoms with van der Waals surface area (Å²) in [6.45, 7) is 6.56. The number of rotatable bonds is 7. The fraction of sp³-hybridized carbons (Fsp3) is 0.478. The van der Waals surface area contributed by atoms with Gasteiger partial charge < -0.3 is 15.1 Å². The molecule has 0 radical (unpaired) electrons. The van der Waals surface area contributed by atoms with Crippen molar-refractivity contribution < 1.29 is 14.4 Å². The van der Waals surface area contributed by atoms with E-state index in [1.165, 1.54) is 24.0 Å². The summed E-state index contributed by atoms with van der Waals surface area (Å²) in [4.78, 5) is 40.1. The van der Waals surface area contributed by atoms with Gasteiger partial charge in [-0.15, -0.1) is 0 Å². The first-order chi connectivity index (χ1) is 15.3. The van der Waals surface area contributed by atoms with Gasteiger partial charge in [-0.25, -0.2) is 4.79 Å². The maximum absolute atomic E-state index is 12.9. The molecule has 1 N–H and O–H groups in total. The summed E-state index contributed by atoms with van der Waals surface area (Å²) in [6.07, 6.45) is 5.65. The van der Waals surface area contributed by atoms with E-state index >= 15 is 0 Å². The molecular formula is C23H30ClN5O3. The third-order valence-electron chi connectivity index (χ3n) is 5.89. The molecular weight excluding hydrogens is 430 g/mol. The van der Waals surface area contributed by atoms with E-state index in [-0.39, 0.29) is 23.9 Å². The molecule has 0 bridgehead atoms. The highest BCUT2D eigenvalue weighted by Crippen LogP contribution is 2.32. The Labute approximate surface area is 193 Å². The Morgan fingerprint density at radius 1 is 1.22 bits per heavy atom. The van der Waals surface area contributed by atoms with E-state index in [2.05, 4.69) is 10.4 Å². The lowest BCUT2D eigenvalue weighted by Gasteiger charge is -2.29. The quantitative estimate of drug-likeness (QED) is 0.677. The van der Waals surface area contributed by atoms with Gasteiger partial charge in [0.2, 0.25) is 11.8 Å². The molecule has 1 heterocycles. The number of amides is 3. The van der Waals surface area contributed by atoms with Gasteiger partial charge >= 0.3 is 6.03 Å². The molecule has 1 aliphatic carbocycles. The molecule has 32 heavy (non-hydrogen) atoms. The van der Waals surface area contributed by atoms with E-state index < -0.39 is 0 Å². The van der Waals surface area contributed by atoms with Gasteiger partial charge in [0.15, 0.2) is 0 Å². The van der Waals surface area contributed by atoms with Crippen molar-refractivity contribution in [1.82, 2.24) is 19.6 Å². The monoisotopic (exact) mass is 459 g/mol. The first-order valence-electron chi connectivity index (χ1n) is 10.9. The minimum atomic E-state index is -0.230. The molecule has 0 saturated heterocycles. The van der Waals surface area contributed by atoms with Crippen LogP contribution in [0.4, 0.5) is 10.5 Å². The molecule has 3 rings (SSSR count). The number of aromatic nitrogens is 2. The first-order valence-corrected chi connectivity index (χ1v) is 11.3. The van der Waals surface area contributed by atoms with Crippen LogP contribution in [0.15, 0.2) is 36.7 Å². The lowest BCUT2D eigenvalue weighted by Crippen LogP contribution is -2.39. The van der Waals surface area contributed by atoms with Crippen molar-refractivity contribution in [3.8, 4) is 0 Å². The van der Waals surface area contributed by atoms with Crippen molar-refractivity contribution >= 4 is 35.1 Å². The van der Waals surface area contributed by atoms with Crippen molar-refractivity contribution in [2.75, 3.05) is 18.4 Å². The Hall–Kier alpha value is -2.87. The molecule has 9 heteroatoms. The fourth-order valence-electron chi connectivity index (χ4n) is 4.30. The van der Waals surface area contributed by atoms with E-state index in [9.17, 15) is 14.4 Å². The van der Waals surface area contributed by atoms with Gasteiger partial charge in [-0.05, 0) is 43.7 Å². The number of halogens is 1. The van der Waals surface area contributed by atoms with Crippen LogP contribution in [0.3, 0.4) is 0 Å². The van der Waals surface area contributed by atoms with E-state index in [1.54, 1.807) is 11.8 Å². The summed E-state index contributed by atoms with van der Waals surface area (Å²) in [5, 5.41) is 7.36. The van der Waals surface area contributed by atoms with Gasteiger partial charge in [0.05, 0.1) is 18.1 Å². The molecule has 2 atom stereocenters. The Morgan fingerprint density at radius 2 is 1.97 bits per heavy atom. The highest BCUT2D eigenvalue weighted by Gasteiger charge is 2.32. The molecule has 1 aromatic heterocycles. The van der Waals surface area contributed by atoms with Crippen LogP contribution in [-0.4, -0.2) is 56.6 Å². The SMILES string of the molecule is CCN(C[C@H]1CC[C@@H](N(Cc2ccccc2Cl)C(C)=O)C1)C(=O)n1cc(NC(C)=O)cn1. The van der Waals surface area contributed by atoms with E-state index in [1.807, 2.05) is 36.1 Å². The molecule has 0 spiro atoms. The standard InChI is InChI=1S/C23H30ClN5O3/c1-4-27(23(32)29-15-20(12-25-29)26-16(2)30)13-18-9-10-21(11-18)28(17(3)31)14-19-7-5-6-8-22(19)24/h5-8,12,15,18,21H,4,9-11,13-14H2,1-3H3,(H,26,30)/t18-,21+/m0/s1. The molecule has 1 saturated carbocycles. The fourth-order valence-corrected chi connectivity index (χ4v) is 4.49. The van der Waals surface area contributed by atoms with Crippen molar-refractivity contribution in [2.24, 2.45) is 5.92 Å². The Morgan fingerprint density at radius 3 is 2.62 bits per heavy atom. The van der Waals surface area contributed by atoms with Crippen LogP contribution in [0, 0.1) is 5.92 Å². The Bertz CT molecular complexity index is 976. The average Bonchev–Trinajstić information content (AvgIpc) is 3.40. The largest absolute Gasteiger partial charge is 0.344 e. The summed E-state index contributed by atoms with van der Waals surface area (Å²) in [5.41, 5.74) is 1.42. The Kier molecular flexibility index (Phi) is 7.90. The van der Waals surface area contributed by atoms with E-state index in [0.29, 0.717) is 36.3 Å². The first kappa shape index (κ1) is 23.8. The molecule has 8 nitrogen and oxygen atoms in total. The molecule has 1 aromatic carbocycles. The number of nitrogens with one attached hydrogen (secondary N) is 1. The summed E-state index contributed by atoms with van der Waals surface area (Å²) in [7, 11) is 0. The van der Waals surface area contributed by atoms with Gasteiger partial charge in [-0.1, -0.05) is 29.8 Å². The summed E-state index contributed by atoms with van der Waals surface area (Å²) < 4.78 is 1.25.